The number of alkyl carbamates (subject to hydrolysis) is 1. The molecular weight excluding hydrogens is 604 g/mol. The van der Waals surface area contributed by atoms with E-state index in [0.717, 1.165) is 22.9 Å². The number of nitrogens with two attached hydrogens (primary N) is 1. The molecule has 3 aromatic rings. The maximum Gasteiger partial charge on any atom is 0.407 e. The number of amides is 3. The van der Waals surface area contributed by atoms with E-state index in [2.05, 4.69) is 36.4 Å². The molecule has 12 heteroatoms. The second kappa shape index (κ2) is 13.5. The van der Waals surface area contributed by atoms with Crippen LogP contribution in [-0.2, 0) is 20.7 Å². The van der Waals surface area contributed by atoms with Gasteiger partial charge in [-0.1, -0.05) is 28.1 Å². The third-order valence-corrected chi connectivity index (χ3v) is 7.63. The summed E-state index contributed by atoms with van der Waals surface area (Å²) < 4.78 is 6.19. The molecule has 0 radical (unpaired) electrons. The molecule has 0 spiro atoms. The molecule has 1 aliphatic carbocycles. The molecule has 2 aromatic carbocycles. The normalized spacial score (nSPS) is 17.7. The monoisotopic (exact) mass is 640 g/mol. The summed E-state index contributed by atoms with van der Waals surface area (Å²) in [7, 11) is 0. The lowest BCUT2D eigenvalue weighted by Gasteiger charge is -2.32. The molecule has 4 rings (SSSR count). The van der Waals surface area contributed by atoms with Crippen LogP contribution in [0.5, 0.6) is 0 Å². The van der Waals surface area contributed by atoms with Gasteiger partial charge < -0.3 is 15.8 Å². The SMILES string of the molecule is CC(C)(C)OC(=O)NCC1CCC(C(=O)N(C(=O)[C@@H](N)Cc2cccc(Br)c2)c2ccc(-c3n[nH]c(=O)[nH]3)cc2)CC1. The first kappa shape index (κ1) is 31.2. The summed E-state index contributed by atoms with van der Waals surface area (Å²) in [6.45, 7) is 5.90. The van der Waals surface area contributed by atoms with Crippen molar-refractivity contribution in [3.8, 4) is 11.4 Å². The van der Waals surface area contributed by atoms with Crippen LogP contribution < -0.4 is 21.6 Å². The fourth-order valence-corrected chi connectivity index (χ4v) is 5.49. The second-order valence-electron chi connectivity index (χ2n) is 11.6. The first-order valence-corrected chi connectivity index (χ1v) is 14.8. The average molecular weight is 642 g/mol. The summed E-state index contributed by atoms with van der Waals surface area (Å²) in [5.74, 6) is -0.605. The van der Waals surface area contributed by atoms with E-state index in [1.54, 1.807) is 24.3 Å². The Morgan fingerprint density at radius 3 is 2.40 bits per heavy atom. The molecule has 42 heavy (non-hydrogen) atoms. The fraction of sp³-hybridized carbons (Fsp3) is 0.433. The molecule has 1 atom stereocenters. The van der Waals surface area contributed by atoms with Gasteiger partial charge in [0.25, 0.3) is 5.91 Å². The highest BCUT2D eigenvalue weighted by molar-refractivity contribution is 9.10. The number of imide groups is 1. The number of nitrogens with one attached hydrogen (secondary N) is 3. The van der Waals surface area contributed by atoms with Gasteiger partial charge in [-0.3, -0.25) is 14.6 Å². The van der Waals surface area contributed by atoms with E-state index < -0.39 is 29.3 Å². The van der Waals surface area contributed by atoms with Crippen LogP contribution in [0.4, 0.5) is 10.5 Å². The quantitative estimate of drug-likeness (QED) is 0.285. The number of carbonyl (C=O) groups excluding carboxylic acids is 3. The molecule has 0 unspecified atom stereocenters. The Morgan fingerprint density at radius 2 is 1.81 bits per heavy atom. The molecule has 1 aromatic heterocycles. The summed E-state index contributed by atoms with van der Waals surface area (Å²) in [5, 5.41) is 9.09. The molecule has 3 amide bonds. The number of aromatic amines is 2. The van der Waals surface area contributed by atoms with Crippen molar-refractivity contribution in [2.24, 2.45) is 17.6 Å². The number of hydrogen-bond acceptors (Lipinski definition) is 7. The van der Waals surface area contributed by atoms with E-state index in [-0.39, 0.29) is 24.2 Å². The number of aromatic nitrogens is 3. The number of rotatable bonds is 8. The minimum atomic E-state index is -0.944. The molecule has 224 valence electrons. The van der Waals surface area contributed by atoms with Crippen LogP contribution in [0.25, 0.3) is 11.4 Å². The van der Waals surface area contributed by atoms with Crippen LogP contribution in [0.3, 0.4) is 0 Å². The number of hydrogen-bond donors (Lipinski definition) is 4. The highest BCUT2D eigenvalue weighted by Gasteiger charge is 2.35. The Morgan fingerprint density at radius 1 is 1.12 bits per heavy atom. The van der Waals surface area contributed by atoms with Crippen LogP contribution in [0.2, 0.25) is 0 Å². The van der Waals surface area contributed by atoms with Crippen molar-refractivity contribution in [2.45, 2.75) is 64.5 Å². The summed E-state index contributed by atoms with van der Waals surface area (Å²) in [6, 6.07) is 13.3. The number of ether oxygens (including phenoxy) is 1. The lowest BCUT2D eigenvalue weighted by molar-refractivity contribution is -0.130. The predicted molar refractivity (Wildman–Crippen MR) is 163 cm³/mol. The van der Waals surface area contributed by atoms with E-state index in [9.17, 15) is 19.2 Å². The molecule has 1 saturated carbocycles. The third-order valence-electron chi connectivity index (χ3n) is 7.13. The highest BCUT2D eigenvalue weighted by atomic mass is 79.9. The number of carbonyl (C=O) groups is 3. The van der Waals surface area contributed by atoms with Crippen LogP contribution in [0.1, 0.15) is 52.0 Å². The maximum absolute atomic E-state index is 13.9. The van der Waals surface area contributed by atoms with Crippen molar-refractivity contribution in [2.75, 3.05) is 11.4 Å². The van der Waals surface area contributed by atoms with E-state index in [0.29, 0.717) is 36.5 Å². The number of benzene rings is 2. The minimum absolute atomic E-state index is 0.208. The van der Waals surface area contributed by atoms with Crippen molar-refractivity contribution in [1.29, 1.82) is 0 Å². The molecule has 1 aliphatic rings. The Bertz CT molecular complexity index is 1450. The zero-order valence-corrected chi connectivity index (χ0v) is 25.6. The van der Waals surface area contributed by atoms with Crippen molar-refractivity contribution in [1.82, 2.24) is 20.5 Å². The standard InChI is InChI=1S/C30H37BrN6O5/c1-30(2,3)42-29(41)33-17-18-7-9-21(10-8-18)26(38)37(27(39)24(32)16-19-5-4-6-22(31)15-19)23-13-11-20(12-14-23)25-34-28(40)36-35-25/h4-6,11-15,18,21,24H,7-10,16-17,32H2,1-3H3,(H,33,41)(H2,34,35,36,40)/t18?,21?,24-/m0/s1. The Kier molecular flexibility index (Phi) is 10.00. The van der Waals surface area contributed by atoms with Gasteiger partial charge in [0.05, 0.1) is 11.7 Å². The van der Waals surface area contributed by atoms with Gasteiger partial charge in [0.15, 0.2) is 5.82 Å². The van der Waals surface area contributed by atoms with Gasteiger partial charge >= 0.3 is 11.8 Å². The molecule has 0 bridgehead atoms. The van der Waals surface area contributed by atoms with Gasteiger partial charge in [-0.15, -0.1) is 0 Å². The van der Waals surface area contributed by atoms with E-state index in [1.807, 2.05) is 45.0 Å². The van der Waals surface area contributed by atoms with E-state index in [4.69, 9.17) is 10.5 Å². The van der Waals surface area contributed by atoms with Crippen molar-refractivity contribution in [3.05, 3.63) is 69.1 Å². The van der Waals surface area contributed by atoms with Crippen molar-refractivity contribution < 1.29 is 19.1 Å². The minimum Gasteiger partial charge on any atom is -0.444 e. The zero-order chi connectivity index (χ0) is 30.4. The first-order valence-electron chi connectivity index (χ1n) is 14.0. The van der Waals surface area contributed by atoms with Crippen LogP contribution in [0.15, 0.2) is 57.8 Å². The first-order chi connectivity index (χ1) is 19.9. The molecular formula is C30H37BrN6O5. The molecule has 5 N–H and O–H groups in total. The van der Waals surface area contributed by atoms with Gasteiger partial charge in [0.2, 0.25) is 5.91 Å². The fourth-order valence-electron chi connectivity index (χ4n) is 5.05. The summed E-state index contributed by atoms with van der Waals surface area (Å²) in [5.41, 5.74) is 7.27. The van der Waals surface area contributed by atoms with Crippen LogP contribution in [-0.4, -0.2) is 51.3 Å². The highest BCUT2D eigenvalue weighted by Crippen LogP contribution is 2.32. The number of H-pyrrole nitrogens is 2. The predicted octanol–water partition coefficient (Wildman–Crippen LogP) is 4.29. The van der Waals surface area contributed by atoms with Gasteiger partial charge in [-0.2, -0.15) is 5.10 Å². The number of halogens is 1. The summed E-state index contributed by atoms with van der Waals surface area (Å²) >= 11 is 3.44. The van der Waals surface area contributed by atoms with E-state index >= 15 is 0 Å². The second-order valence-corrected chi connectivity index (χ2v) is 12.5. The maximum atomic E-state index is 13.9. The summed E-state index contributed by atoms with van der Waals surface area (Å²) in [4.78, 5) is 55.0. The van der Waals surface area contributed by atoms with Crippen molar-refractivity contribution in [3.63, 3.8) is 0 Å². The largest absolute Gasteiger partial charge is 0.444 e. The Balaban J connectivity index is 1.48. The topological polar surface area (TPSA) is 163 Å². The third kappa shape index (κ3) is 8.39. The van der Waals surface area contributed by atoms with Crippen LogP contribution >= 0.6 is 15.9 Å². The summed E-state index contributed by atoms with van der Waals surface area (Å²) in [6.07, 6.45) is 2.41. The average Bonchev–Trinajstić information content (AvgIpc) is 3.38. The molecule has 1 heterocycles. The van der Waals surface area contributed by atoms with Gasteiger partial charge in [0.1, 0.15) is 5.60 Å². The van der Waals surface area contributed by atoms with Gasteiger partial charge in [-0.05, 0) is 101 Å². The lowest BCUT2D eigenvalue weighted by Crippen LogP contribution is -2.50. The van der Waals surface area contributed by atoms with E-state index in [1.165, 1.54) is 4.90 Å². The van der Waals surface area contributed by atoms with Gasteiger partial charge in [-0.25, -0.2) is 19.6 Å². The number of anilines is 1. The van der Waals surface area contributed by atoms with Crippen LogP contribution in [0, 0.1) is 11.8 Å². The number of nitrogens with zero attached hydrogens (tertiary/aromatic N) is 2. The van der Waals surface area contributed by atoms with Crippen molar-refractivity contribution >= 4 is 39.5 Å². The molecule has 0 aliphatic heterocycles. The molecule has 11 nitrogen and oxygen atoms in total. The lowest BCUT2D eigenvalue weighted by atomic mass is 9.81. The molecule has 1 fully saturated rings. The van der Waals surface area contributed by atoms with Gasteiger partial charge in [0, 0.05) is 22.5 Å². The molecule has 0 saturated heterocycles. The Hall–Kier alpha value is -3.77. The smallest absolute Gasteiger partial charge is 0.407 e. The zero-order valence-electron chi connectivity index (χ0n) is 24.0. The Labute approximate surface area is 252 Å².